The van der Waals surface area contributed by atoms with Crippen molar-refractivity contribution in [2.24, 2.45) is 5.84 Å². The van der Waals surface area contributed by atoms with Crippen molar-refractivity contribution >= 4 is 11.4 Å². The first-order chi connectivity index (χ1) is 10.1. The molecule has 0 radical (unpaired) electrons. The van der Waals surface area contributed by atoms with E-state index in [-0.39, 0.29) is 5.69 Å². The van der Waals surface area contributed by atoms with E-state index in [1.807, 2.05) is 4.90 Å². The van der Waals surface area contributed by atoms with E-state index in [0.29, 0.717) is 43.9 Å². The van der Waals surface area contributed by atoms with Gasteiger partial charge in [-0.25, -0.2) is 0 Å². The Morgan fingerprint density at radius 2 is 2.29 bits per heavy atom. The summed E-state index contributed by atoms with van der Waals surface area (Å²) in [5.41, 5.74) is 3.33. The molecule has 0 atom stereocenters. The maximum Gasteiger partial charge on any atom is 0.293 e. The Balaban J connectivity index is 2.94. The van der Waals surface area contributed by atoms with Crippen LogP contribution in [0.3, 0.4) is 0 Å². The number of methoxy groups -OCH3 is 1. The predicted octanol–water partition coefficient (Wildman–Crippen LogP) is 1.24. The van der Waals surface area contributed by atoms with E-state index in [0.717, 1.165) is 0 Å². The first-order valence-electron chi connectivity index (χ1n) is 6.45. The van der Waals surface area contributed by atoms with E-state index in [1.165, 1.54) is 6.07 Å². The predicted molar refractivity (Wildman–Crippen MR) is 78.3 cm³/mol. The number of benzene rings is 1. The molecule has 3 N–H and O–H groups in total. The topological polar surface area (TPSA) is 117 Å². The zero-order valence-electron chi connectivity index (χ0n) is 11.9. The number of hydrogen-bond donors (Lipinski definition) is 2. The SMILES string of the molecule is COCCN(CCC#N)Cc1cccc([N+](=O)[O-])c1NN. The highest BCUT2D eigenvalue weighted by atomic mass is 16.6. The van der Waals surface area contributed by atoms with Crippen LogP contribution in [0.25, 0.3) is 0 Å². The second-order valence-corrected chi connectivity index (χ2v) is 4.39. The number of nitro benzene ring substituents is 1. The third kappa shape index (κ3) is 5.00. The maximum atomic E-state index is 11.0. The molecule has 114 valence electrons. The molecule has 1 aromatic rings. The lowest BCUT2D eigenvalue weighted by atomic mass is 10.1. The molecule has 8 heteroatoms. The summed E-state index contributed by atoms with van der Waals surface area (Å²) in [5, 5.41) is 19.7. The Morgan fingerprint density at radius 1 is 1.52 bits per heavy atom. The van der Waals surface area contributed by atoms with Crippen molar-refractivity contribution in [2.75, 3.05) is 32.2 Å². The lowest BCUT2D eigenvalue weighted by Crippen LogP contribution is -2.28. The number of rotatable bonds is 9. The molecule has 0 aliphatic heterocycles. The molecule has 0 fully saturated rings. The van der Waals surface area contributed by atoms with Gasteiger partial charge in [-0.1, -0.05) is 12.1 Å². The minimum absolute atomic E-state index is 0.0676. The van der Waals surface area contributed by atoms with Crippen LogP contribution in [-0.4, -0.2) is 36.6 Å². The molecule has 0 aromatic heterocycles. The third-order valence-electron chi connectivity index (χ3n) is 3.02. The number of nitrogens with zero attached hydrogens (tertiary/aromatic N) is 3. The van der Waals surface area contributed by atoms with Gasteiger partial charge in [-0.2, -0.15) is 5.26 Å². The summed E-state index contributed by atoms with van der Waals surface area (Å²) in [4.78, 5) is 12.5. The van der Waals surface area contributed by atoms with Crippen molar-refractivity contribution in [3.63, 3.8) is 0 Å². The lowest BCUT2D eigenvalue weighted by molar-refractivity contribution is -0.384. The molecular formula is C13H19N5O3. The molecule has 0 aliphatic carbocycles. The molecule has 0 amide bonds. The van der Waals surface area contributed by atoms with Gasteiger partial charge in [0.05, 0.1) is 17.6 Å². The monoisotopic (exact) mass is 293 g/mol. The minimum atomic E-state index is -0.479. The highest BCUT2D eigenvalue weighted by Gasteiger charge is 2.18. The van der Waals surface area contributed by atoms with Crippen LogP contribution in [0.4, 0.5) is 11.4 Å². The van der Waals surface area contributed by atoms with Crippen molar-refractivity contribution in [1.82, 2.24) is 4.90 Å². The van der Waals surface area contributed by atoms with Crippen molar-refractivity contribution in [3.05, 3.63) is 33.9 Å². The minimum Gasteiger partial charge on any atom is -0.383 e. The molecule has 21 heavy (non-hydrogen) atoms. The highest BCUT2D eigenvalue weighted by Crippen LogP contribution is 2.28. The van der Waals surface area contributed by atoms with Crippen LogP contribution < -0.4 is 11.3 Å². The second-order valence-electron chi connectivity index (χ2n) is 4.39. The Kier molecular flexibility index (Phi) is 7.11. The number of ether oxygens (including phenoxy) is 1. The summed E-state index contributed by atoms with van der Waals surface area (Å²) in [6, 6.07) is 6.87. The number of hydrogen-bond acceptors (Lipinski definition) is 7. The number of nitriles is 1. The van der Waals surface area contributed by atoms with Crippen molar-refractivity contribution in [3.8, 4) is 6.07 Å². The van der Waals surface area contributed by atoms with Crippen molar-refractivity contribution in [1.29, 1.82) is 5.26 Å². The average Bonchev–Trinajstić information content (AvgIpc) is 2.49. The van der Waals surface area contributed by atoms with Crippen LogP contribution in [0.1, 0.15) is 12.0 Å². The number of nitrogens with two attached hydrogens (primary N) is 1. The normalized spacial score (nSPS) is 10.4. The highest BCUT2D eigenvalue weighted by molar-refractivity contribution is 5.65. The summed E-state index contributed by atoms with van der Waals surface area (Å²) in [5.74, 6) is 5.42. The molecule has 0 saturated carbocycles. The molecule has 1 aromatic carbocycles. The van der Waals surface area contributed by atoms with Gasteiger partial charge in [-0.05, 0) is 5.56 Å². The first kappa shape index (κ1) is 16.8. The fraction of sp³-hybridized carbons (Fsp3) is 0.462. The standard InChI is InChI=1S/C13H19N5O3/c1-21-9-8-17(7-3-6-14)10-11-4-2-5-12(18(19)20)13(11)16-15/h2,4-5,16H,3,7-10,15H2,1H3. The van der Waals surface area contributed by atoms with Gasteiger partial charge in [0, 0.05) is 39.2 Å². The number of nitrogen functional groups attached to an aromatic ring is 1. The molecule has 0 bridgehead atoms. The Bertz CT molecular complexity index is 515. The van der Waals surface area contributed by atoms with Gasteiger partial charge in [0.2, 0.25) is 0 Å². The summed E-state index contributed by atoms with van der Waals surface area (Å²) >= 11 is 0. The largest absolute Gasteiger partial charge is 0.383 e. The number of hydrazine groups is 1. The molecule has 0 aliphatic rings. The smallest absolute Gasteiger partial charge is 0.293 e. The zero-order valence-corrected chi connectivity index (χ0v) is 11.9. The van der Waals surface area contributed by atoms with E-state index >= 15 is 0 Å². The van der Waals surface area contributed by atoms with Crippen LogP contribution in [0.5, 0.6) is 0 Å². The molecule has 8 nitrogen and oxygen atoms in total. The summed E-state index contributed by atoms with van der Waals surface area (Å²) in [6.45, 7) is 2.16. The van der Waals surface area contributed by atoms with Crippen LogP contribution in [0, 0.1) is 21.4 Å². The van der Waals surface area contributed by atoms with Gasteiger partial charge < -0.3 is 10.2 Å². The Hall–Kier alpha value is -2.21. The number of nitro groups is 1. The molecule has 0 heterocycles. The molecular weight excluding hydrogens is 274 g/mol. The molecule has 1 rings (SSSR count). The van der Waals surface area contributed by atoms with E-state index in [1.54, 1.807) is 19.2 Å². The van der Waals surface area contributed by atoms with E-state index in [4.69, 9.17) is 15.8 Å². The lowest BCUT2D eigenvalue weighted by Gasteiger charge is -2.22. The van der Waals surface area contributed by atoms with Crippen LogP contribution in [-0.2, 0) is 11.3 Å². The number of para-hydroxylation sites is 1. The number of nitrogens with one attached hydrogen (secondary N) is 1. The molecule has 0 spiro atoms. The first-order valence-corrected chi connectivity index (χ1v) is 6.45. The quantitative estimate of drug-likeness (QED) is 0.399. The van der Waals surface area contributed by atoms with Crippen LogP contribution in [0.2, 0.25) is 0 Å². The fourth-order valence-corrected chi connectivity index (χ4v) is 1.98. The van der Waals surface area contributed by atoms with E-state index in [9.17, 15) is 10.1 Å². The third-order valence-corrected chi connectivity index (χ3v) is 3.02. The van der Waals surface area contributed by atoms with Gasteiger partial charge in [-0.3, -0.25) is 20.9 Å². The van der Waals surface area contributed by atoms with Crippen molar-refractivity contribution in [2.45, 2.75) is 13.0 Å². The number of anilines is 1. The van der Waals surface area contributed by atoms with Crippen LogP contribution >= 0.6 is 0 Å². The summed E-state index contributed by atoms with van der Waals surface area (Å²) in [7, 11) is 1.60. The maximum absolute atomic E-state index is 11.0. The Morgan fingerprint density at radius 3 is 2.86 bits per heavy atom. The second kappa shape index (κ2) is 8.86. The van der Waals surface area contributed by atoms with Gasteiger partial charge in [0.25, 0.3) is 5.69 Å². The van der Waals surface area contributed by atoms with Crippen molar-refractivity contribution < 1.29 is 9.66 Å². The summed E-state index contributed by atoms with van der Waals surface area (Å²) in [6.07, 6.45) is 0.379. The zero-order chi connectivity index (χ0) is 15.7. The van der Waals surface area contributed by atoms with Gasteiger partial charge in [0.15, 0.2) is 0 Å². The van der Waals surface area contributed by atoms with Gasteiger partial charge in [0.1, 0.15) is 5.69 Å². The van der Waals surface area contributed by atoms with Crippen LogP contribution in [0.15, 0.2) is 18.2 Å². The van der Waals surface area contributed by atoms with Gasteiger partial charge in [-0.15, -0.1) is 0 Å². The molecule has 0 unspecified atom stereocenters. The van der Waals surface area contributed by atoms with Gasteiger partial charge >= 0.3 is 0 Å². The summed E-state index contributed by atoms with van der Waals surface area (Å²) < 4.78 is 5.04. The average molecular weight is 293 g/mol. The Labute approximate surface area is 123 Å². The molecule has 0 saturated heterocycles. The fourth-order valence-electron chi connectivity index (χ4n) is 1.98. The van der Waals surface area contributed by atoms with E-state index < -0.39 is 4.92 Å². The van der Waals surface area contributed by atoms with E-state index in [2.05, 4.69) is 11.5 Å².